The minimum absolute atomic E-state index is 0.0865. The number of amides is 1. The van der Waals surface area contributed by atoms with E-state index in [0.29, 0.717) is 13.1 Å². The molecular weight excluding hydrogens is 282 g/mol. The van der Waals surface area contributed by atoms with Crippen LogP contribution in [0.2, 0.25) is 0 Å². The van der Waals surface area contributed by atoms with Gasteiger partial charge in [-0.05, 0) is 12.8 Å². The van der Waals surface area contributed by atoms with E-state index in [4.69, 9.17) is 4.74 Å². The maximum Gasteiger partial charge on any atom is 0.234 e. The average Bonchev–Trinajstić information content (AvgIpc) is 3.08. The highest BCUT2D eigenvalue weighted by atomic mass is 16.5. The Balaban J connectivity index is 1.37. The molecule has 22 heavy (non-hydrogen) atoms. The lowest BCUT2D eigenvalue weighted by atomic mass is 10.2. The molecule has 1 N–H and O–H groups in total. The van der Waals surface area contributed by atoms with E-state index < -0.39 is 0 Å². The Labute approximate surface area is 130 Å². The lowest BCUT2D eigenvalue weighted by Gasteiger charge is -2.34. The van der Waals surface area contributed by atoms with Crippen molar-refractivity contribution < 1.29 is 9.53 Å². The Kier molecular flexibility index (Phi) is 5.18. The molecule has 1 aromatic rings. The summed E-state index contributed by atoms with van der Waals surface area (Å²) in [4.78, 5) is 24.8. The molecule has 0 bridgehead atoms. The van der Waals surface area contributed by atoms with E-state index in [1.165, 1.54) is 0 Å². The standard InChI is InChI=1S/C15H23N5O2/c21-15(18-10-13-2-1-9-22-13)12-19-5-7-20(8-6-19)14-11-16-3-4-17-14/h3-4,11,13H,1-2,5-10,12H2,(H,18,21). The summed E-state index contributed by atoms with van der Waals surface area (Å²) in [7, 11) is 0. The summed E-state index contributed by atoms with van der Waals surface area (Å²) in [6.45, 7) is 5.40. The number of carbonyl (C=O) groups excluding carboxylic acids is 1. The van der Waals surface area contributed by atoms with Crippen molar-refractivity contribution in [3.8, 4) is 0 Å². The minimum atomic E-state index is 0.0865. The molecule has 2 fully saturated rings. The topological polar surface area (TPSA) is 70.6 Å². The van der Waals surface area contributed by atoms with Crippen molar-refractivity contribution in [1.29, 1.82) is 0 Å². The number of rotatable bonds is 5. The lowest BCUT2D eigenvalue weighted by Crippen LogP contribution is -2.50. The first kappa shape index (κ1) is 15.2. The molecule has 0 radical (unpaired) electrons. The third-order valence-corrected chi connectivity index (χ3v) is 4.16. The Hall–Kier alpha value is -1.73. The van der Waals surface area contributed by atoms with Crippen LogP contribution in [0.15, 0.2) is 18.6 Å². The highest BCUT2D eigenvalue weighted by Crippen LogP contribution is 2.12. The van der Waals surface area contributed by atoms with Crippen LogP contribution < -0.4 is 10.2 Å². The van der Waals surface area contributed by atoms with Crippen LogP contribution in [0.5, 0.6) is 0 Å². The van der Waals surface area contributed by atoms with Gasteiger partial charge in [0, 0.05) is 51.7 Å². The molecule has 3 heterocycles. The highest BCUT2D eigenvalue weighted by Gasteiger charge is 2.21. The molecule has 1 aromatic heterocycles. The number of carbonyl (C=O) groups is 1. The summed E-state index contributed by atoms with van der Waals surface area (Å²) >= 11 is 0. The summed E-state index contributed by atoms with van der Waals surface area (Å²) in [5.41, 5.74) is 0. The molecule has 1 amide bonds. The fourth-order valence-corrected chi connectivity index (χ4v) is 2.88. The third-order valence-electron chi connectivity index (χ3n) is 4.16. The number of hydrogen-bond acceptors (Lipinski definition) is 6. The second-order valence-electron chi connectivity index (χ2n) is 5.77. The summed E-state index contributed by atoms with van der Waals surface area (Å²) in [6.07, 6.45) is 7.53. The van der Waals surface area contributed by atoms with E-state index in [-0.39, 0.29) is 12.0 Å². The van der Waals surface area contributed by atoms with Crippen LogP contribution in [-0.4, -0.2) is 72.8 Å². The molecule has 2 aliphatic rings. The lowest BCUT2D eigenvalue weighted by molar-refractivity contribution is -0.122. The van der Waals surface area contributed by atoms with Crippen molar-refractivity contribution in [3.05, 3.63) is 18.6 Å². The maximum atomic E-state index is 12.0. The van der Waals surface area contributed by atoms with Gasteiger partial charge in [0.1, 0.15) is 5.82 Å². The van der Waals surface area contributed by atoms with Gasteiger partial charge in [0.25, 0.3) is 0 Å². The largest absolute Gasteiger partial charge is 0.376 e. The van der Waals surface area contributed by atoms with Crippen LogP contribution in [0.1, 0.15) is 12.8 Å². The van der Waals surface area contributed by atoms with Crippen LogP contribution in [0.25, 0.3) is 0 Å². The summed E-state index contributed by atoms with van der Waals surface area (Å²) in [6, 6.07) is 0. The predicted octanol–water partition coefficient (Wildman–Crippen LogP) is -0.106. The first-order valence-electron chi connectivity index (χ1n) is 7.93. The van der Waals surface area contributed by atoms with Crippen LogP contribution in [0.4, 0.5) is 5.82 Å². The quantitative estimate of drug-likeness (QED) is 0.819. The van der Waals surface area contributed by atoms with Crippen molar-refractivity contribution >= 4 is 11.7 Å². The van der Waals surface area contributed by atoms with Crippen molar-refractivity contribution in [3.63, 3.8) is 0 Å². The number of nitrogens with zero attached hydrogens (tertiary/aromatic N) is 4. The van der Waals surface area contributed by atoms with Gasteiger partial charge in [0.2, 0.25) is 5.91 Å². The zero-order valence-electron chi connectivity index (χ0n) is 12.8. The molecule has 0 aliphatic carbocycles. The predicted molar refractivity (Wildman–Crippen MR) is 82.7 cm³/mol. The first-order valence-corrected chi connectivity index (χ1v) is 7.93. The SMILES string of the molecule is O=C(CN1CCN(c2cnccn2)CC1)NCC1CCCO1. The average molecular weight is 305 g/mol. The van der Waals surface area contributed by atoms with Gasteiger partial charge in [0.15, 0.2) is 0 Å². The fraction of sp³-hybridized carbons (Fsp3) is 0.667. The summed E-state index contributed by atoms with van der Waals surface area (Å²) < 4.78 is 5.51. The van der Waals surface area contributed by atoms with E-state index in [1.807, 2.05) is 0 Å². The van der Waals surface area contributed by atoms with Crippen molar-refractivity contribution in [2.75, 3.05) is 50.8 Å². The highest BCUT2D eigenvalue weighted by molar-refractivity contribution is 5.78. The molecule has 0 aromatic carbocycles. The van der Waals surface area contributed by atoms with E-state index in [1.54, 1.807) is 18.6 Å². The number of hydrogen-bond donors (Lipinski definition) is 1. The minimum Gasteiger partial charge on any atom is -0.376 e. The van der Waals surface area contributed by atoms with E-state index in [0.717, 1.165) is 51.4 Å². The van der Waals surface area contributed by atoms with E-state index in [9.17, 15) is 4.79 Å². The van der Waals surface area contributed by atoms with Crippen molar-refractivity contribution in [2.24, 2.45) is 0 Å². The first-order chi connectivity index (χ1) is 10.8. The number of ether oxygens (including phenoxy) is 1. The van der Waals surface area contributed by atoms with E-state index >= 15 is 0 Å². The van der Waals surface area contributed by atoms with Gasteiger partial charge in [-0.2, -0.15) is 0 Å². The molecule has 0 saturated carbocycles. The van der Waals surface area contributed by atoms with Crippen molar-refractivity contribution in [2.45, 2.75) is 18.9 Å². The van der Waals surface area contributed by atoms with Crippen LogP contribution in [0.3, 0.4) is 0 Å². The molecule has 120 valence electrons. The number of anilines is 1. The maximum absolute atomic E-state index is 12.0. The van der Waals surface area contributed by atoms with Gasteiger partial charge in [0.05, 0.1) is 18.8 Å². The third kappa shape index (κ3) is 4.14. The molecule has 0 spiro atoms. The molecule has 7 heteroatoms. The zero-order chi connectivity index (χ0) is 15.2. The van der Waals surface area contributed by atoms with Crippen LogP contribution in [-0.2, 0) is 9.53 Å². The van der Waals surface area contributed by atoms with Gasteiger partial charge in [-0.15, -0.1) is 0 Å². The number of piperazine rings is 1. The van der Waals surface area contributed by atoms with Gasteiger partial charge in [-0.25, -0.2) is 4.98 Å². The van der Waals surface area contributed by atoms with Gasteiger partial charge in [-0.3, -0.25) is 14.7 Å². The smallest absolute Gasteiger partial charge is 0.234 e. The fourth-order valence-electron chi connectivity index (χ4n) is 2.88. The summed E-state index contributed by atoms with van der Waals surface area (Å²) in [5.74, 6) is 0.994. The Morgan fingerprint density at radius 3 is 2.86 bits per heavy atom. The molecule has 2 saturated heterocycles. The Morgan fingerprint density at radius 2 is 2.18 bits per heavy atom. The second kappa shape index (κ2) is 7.51. The zero-order valence-corrected chi connectivity index (χ0v) is 12.8. The second-order valence-corrected chi connectivity index (χ2v) is 5.77. The van der Waals surface area contributed by atoms with E-state index in [2.05, 4.69) is 25.1 Å². The number of aromatic nitrogens is 2. The van der Waals surface area contributed by atoms with Crippen LogP contribution >= 0.6 is 0 Å². The van der Waals surface area contributed by atoms with Crippen LogP contribution in [0, 0.1) is 0 Å². The number of nitrogens with one attached hydrogen (secondary N) is 1. The Bertz CT molecular complexity index is 470. The molecule has 1 atom stereocenters. The monoisotopic (exact) mass is 305 g/mol. The molecule has 7 nitrogen and oxygen atoms in total. The van der Waals surface area contributed by atoms with Gasteiger partial charge < -0.3 is 15.0 Å². The molecule has 2 aliphatic heterocycles. The normalized spacial score (nSPS) is 22.7. The Morgan fingerprint density at radius 1 is 1.32 bits per heavy atom. The van der Waals surface area contributed by atoms with Gasteiger partial charge in [-0.1, -0.05) is 0 Å². The van der Waals surface area contributed by atoms with Gasteiger partial charge >= 0.3 is 0 Å². The molecular formula is C15H23N5O2. The van der Waals surface area contributed by atoms with Crippen molar-refractivity contribution in [1.82, 2.24) is 20.2 Å². The molecule has 1 unspecified atom stereocenters. The summed E-state index contributed by atoms with van der Waals surface area (Å²) in [5, 5.41) is 2.97. The molecule has 3 rings (SSSR count).